The lowest BCUT2D eigenvalue weighted by molar-refractivity contribution is -0.415. The Bertz CT molecular complexity index is 390. The van der Waals surface area contributed by atoms with E-state index in [9.17, 15) is 4.79 Å². The molecule has 0 aromatic carbocycles. The lowest BCUT2D eigenvalue weighted by atomic mass is 9.71. The highest BCUT2D eigenvalue weighted by molar-refractivity contribution is 5.82. The van der Waals surface area contributed by atoms with Crippen molar-refractivity contribution < 1.29 is 14.6 Å². The van der Waals surface area contributed by atoms with Crippen LogP contribution in [0, 0.1) is 11.8 Å². The summed E-state index contributed by atoms with van der Waals surface area (Å²) in [5.74, 6) is 0.559. The largest absolute Gasteiger partial charge is 0.299 e. The lowest BCUT2D eigenvalue weighted by Crippen LogP contribution is -2.52. The van der Waals surface area contributed by atoms with E-state index in [0.29, 0.717) is 12.2 Å². The Morgan fingerprint density at radius 3 is 2.73 bits per heavy atom. The van der Waals surface area contributed by atoms with E-state index < -0.39 is 5.60 Å². The molecule has 0 radical (unpaired) electrons. The number of allylic oxidation sites excluding steroid dienone is 1. The first-order chi connectivity index (χ1) is 10.6. The molecule has 2 aliphatic rings. The van der Waals surface area contributed by atoms with Gasteiger partial charge in [0.05, 0.1) is 0 Å². The van der Waals surface area contributed by atoms with Gasteiger partial charge in [-0.15, -0.1) is 0 Å². The SMILES string of the molecule is CCCCCCCCC=C[C@@]1(C)OO[C@@H]2C[C@H]1CC(=O)[C@@H]2C. The maximum absolute atomic E-state index is 12.0. The molecule has 4 atom stereocenters. The number of unbranched alkanes of at least 4 members (excludes halogenated alkanes) is 6. The molecule has 0 spiro atoms. The number of hydrogen-bond acceptors (Lipinski definition) is 3. The summed E-state index contributed by atoms with van der Waals surface area (Å²) in [6.07, 6.45) is 14.8. The van der Waals surface area contributed by atoms with Crippen molar-refractivity contribution in [1.29, 1.82) is 0 Å². The van der Waals surface area contributed by atoms with Crippen molar-refractivity contribution in [3.8, 4) is 0 Å². The van der Waals surface area contributed by atoms with Crippen LogP contribution >= 0.6 is 0 Å². The lowest BCUT2D eigenvalue weighted by Gasteiger charge is -2.45. The maximum Gasteiger partial charge on any atom is 0.138 e. The Balaban J connectivity index is 1.74. The summed E-state index contributed by atoms with van der Waals surface area (Å²) >= 11 is 0. The van der Waals surface area contributed by atoms with Crippen LogP contribution in [0.2, 0.25) is 0 Å². The Morgan fingerprint density at radius 1 is 1.23 bits per heavy atom. The molecule has 0 amide bonds. The van der Waals surface area contributed by atoms with Crippen LogP contribution < -0.4 is 0 Å². The summed E-state index contributed by atoms with van der Waals surface area (Å²) in [4.78, 5) is 23.2. The first kappa shape index (κ1) is 17.7. The Labute approximate surface area is 135 Å². The first-order valence-electron chi connectivity index (χ1n) is 9.11. The zero-order valence-electron chi connectivity index (χ0n) is 14.5. The molecule has 1 heterocycles. The molecule has 1 saturated heterocycles. The van der Waals surface area contributed by atoms with Crippen molar-refractivity contribution in [3.63, 3.8) is 0 Å². The highest BCUT2D eigenvalue weighted by atomic mass is 17.2. The summed E-state index contributed by atoms with van der Waals surface area (Å²) < 4.78 is 0. The van der Waals surface area contributed by atoms with E-state index in [1.165, 1.54) is 38.5 Å². The normalized spacial score (nSPS) is 35.2. The van der Waals surface area contributed by atoms with Crippen LogP contribution in [-0.4, -0.2) is 17.5 Å². The summed E-state index contributed by atoms with van der Waals surface area (Å²) in [5.41, 5.74) is -0.436. The molecule has 22 heavy (non-hydrogen) atoms. The summed E-state index contributed by atoms with van der Waals surface area (Å²) in [7, 11) is 0. The highest BCUT2D eigenvalue weighted by Crippen LogP contribution is 2.42. The summed E-state index contributed by atoms with van der Waals surface area (Å²) in [6.45, 7) is 6.25. The van der Waals surface area contributed by atoms with E-state index in [1.54, 1.807) is 0 Å². The van der Waals surface area contributed by atoms with Crippen LogP contribution in [0.5, 0.6) is 0 Å². The molecule has 126 valence electrons. The minimum atomic E-state index is -0.436. The Hall–Kier alpha value is -0.670. The third-order valence-corrected chi connectivity index (χ3v) is 5.36. The van der Waals surface area contributed by atoms with Gasteiger partial charge in [0.15, 0.2) is 0 Å². The highest BCUT2D eigenvalue weighted by Gasteiger charge is 2.48. The minimum absolute atomic E-state index is 0.0205. The Kier molecular flexibility index (Phi) is 6.64. The van der Waals surface area contributed by atoms with Crippen LogP contribution in [0.25, 0.3) is 0 Å². The standard InChI is InChI=1S/C19H32O3/c1-4-5-6-7-8-9-10-11-12-19(3)16-13-17(20)15(2)18(14-16)21-22-19/h11-12,15-16,18H,4-10,13-14H2,1-3H3/t15-,16+,18+,19+/m0/s1. The number of rotatable bonds is 8. The monoisotopic (exact) mass is 308 g/mol. The molecule has 0 aromatic rings. The van der Waals surface area contributed by atoms with Gasteiger partial charge < -0.3 is 0 Å². The molecule has 0 N–H and O–H groups in total. The fraction of sp³-hybridized carbons (Fsp3) is 0.842. The van der Waals surface area contributed by atoms with E-state index >= 15 is 0 Å². The summed E-state index contributed by atoms with van der Waals surface area (Å²) in [6, 6.07) is 0. The van der Waals surface area contributed by atoms with Crippen molar-refractivity contribution >= 4 is 5.78 Å². The number of ketones is 1. The Morgan fingerprint density at radius 2 is 1.95 bits per heavy atom. The van der Waals surface area contributed by atoms with Gasteiger partial charge in [-0.3, -0.25) is 4.79 Å². The third-order valence-electron chi connectivity index (χ3n) is 5.36. The van der Waals surface area contributed by atoms with Gasteiger partial charge in [0.2, 0.25) is 0 Å². The topological polar surface area (TPSA) is 35.5 Å². The smallest absolute Gasteiger partial charge is 0.138 e. The van der Waals surface area contributed by atoms with Gasteiger partial charge in [0.1, 0.15) is 17.5 Å². The minimum Gasteiger partial charge on any atom is -0.299 e. The fourth-order valence-corrected chi connectivity index (χ4v) is 3.52. The van der Waals surface area contributed by atoms with Crippen LogP contribution in [0.4, 0.5) is 0 Å². The number of Topliss-reactive ketones (excluding diaryl/α,β-unsaturated/α-hetero) is 1. The second kappa shape index (κ2) is 8.26. The summed E-state index contributed by atoms with van der Waals surface area (Å²) in [5, 5.41) is 0. The van der Waals surface area contributed by atoms with Crippen molar-refractivity contribution in [2.75, 3.05) is 0 Å². The molecule has 3 heteroatoms. The van der Waals surface area contributed by atoms with Gasteiger partial charge in [-0.1, -0.05) is 58.1 Å². The van der Waals surface area contributed by atoms with Crippen LogP contribution in [0.3, 0.4) is 0 Å². The van der Waals surface area contributed by atoms with Crippen LogP contribution in [-0.2, 0) is 14.6 Å². The number of fused-ring (bicyclic) bond motifs is 2. The van der Waals surface area contributed by atoms with Gasteiger partial charge in [-0.2, -0.15) is 0 Å². The zero-order valence-corrected chi connectivity index (χ0v) is 14.5. The van der Waals surface area contributed by atoms with Gasteiger partial charge in [0, 0.05) is 18.3 Å². The van der Waals surface area contributed by atoms with Crippen LogP contribution in [0.15, 0.2) is 12.2 Å². The maximum atomic E-state index is 12.0. The third kappa shape index (κ3) is 4.42. The molecule has 3 nitrogen and oxygen atoms in total. The van der Waals surface area contributed by atoms with Crippen molar-refractivity contribution in [3.05, 3.63) is 12.2 Å². The molecular weight excluding hydrogens is 276 g/mol. The van der Waals surface area contributed by atoms with Crippen LogP contribution in [0.1, 0.15) is 78.6 Å². The molecule has 2 fully saturated rings. The average Bonchev–Trinajstić information content (AvgIpc) is 2.51. The van der Waals surface area contributed by atoms with E-state index in [-0.39, 0.29) is 17.9 Å². The molecule has 0 aromatic heterocycles. The van der Waals surface area contributed by atoms with E-state index in [4.69, 9.17) is 9.78 Å². The molecule has 1 aliphatic heterocycles. The predicted octanol–water partition coefficient (Wildman–Crippen LogP) is 5.00. The van der Waals surface area contributed by atoms with E-state index in [0.717, 1.165) is 12.8 Å². The van der Waals surface area contributed by atoms with Gasteiger partial charge in [-0.25, -0.2) is 9.78 Å². The molecule has 2 bridgehead atoms. The van der Waals surface area contributed by atoms with E-state index in [1.807, 2.05) is 6.92 Å². The fourth-order valence-electron chi connectivity index (χ4n) is 3.52. The van der Waals surface area contributed by atoms with Gasteiger partial charge in [-0.05, 0) is 26.2 Å². The number of carbonyl (C=O) groups excluding carboxylic acids is 1. The molecular formula is C19H32O3. The number of carbonyl (C=O) groups is 1. The number of hydrogen-bond donors (Lipinski definition) is 0. The van der Waals surface area contributed by atoms with E-state index in [2.05, 4.69) is 26.0 Å². The first-order valence-corrected chi connectivity index (χ1v) is 9.11. The second-order valence-electron chi connectivity index (χ2n) is 7.25. The second-order valence-corrected chi connectivity index (χ2v) is 7.25. The van der Waals surface area contributed by atoms with Gasteiger partial charge in [0.25, 0.3) is 0 Å². The molecule has 1 aliphatic carbocycles. The van der Waals surface area contributed by atoms with Gasteiger partial charge >= 0.3 is 0 Å². The predicted molar refractivity (Wildman–Crippen MR) is 88.4 cm³/mol. The molecule has 0 unspecified atom stereocenters. The van der Waals surface area contributed by atoms with Crippen molar-refractivity contribution in [2.45, 2.75) is 90.3 Å². The zero-order chi connectivity index (χ0) is 16.0. The molecule has 1 saturated carbocycles. The molecule has 2 rings (SSSR count). The van der Waals surface area contributed by atoms with Crippen molar-refractivity contribution in [1.82, 2.24) is 0 Å². The average molecular weight is 308 g/mol. The van der Waals surface area contributed by atoms with Crippen molar-refractivity contribution in [2.24, 2.45) is 11.8 Å². The quantitative estimate of drug-likeness (QED) is 0.360.